The van der Waals surface area contributed by atoms with Crippen LogP contribution in [0.25, 0.3) is 0 Å². The van der Waals surface area contributed by atoms with Gasteiger partial charge in [0.25, 0.3) is 0 Å². The lowest BCUT2D eigenvalue weighted by atomic mass is 10.2. The zero-order valence-electron chi connectivity index (χ0n) is 11.2. The van der Waals surface area contributed by atoms with E-state index < -0.39 is 11.8 Å². The first-order chi connectivity index (χ1) is 9.40. The van der Waals surface area contributed by atoms with E-state index in [2.05, 4.69) is 31.9 Å². The molecule has 0 fully saturated rings. The summed E-state index contributed by atoms with van der Waals surface area (Å²) in [6, 6.07) is 5.38. The minimum absolute atomic E-state index is 0.188. The molecule has 3 amide bonds. The van der Waals surface area contributed by atoms with Gasteiger partial charge in [-0.25, -0.2) is 0 Å². The molecule has 3 N–H and O–H groups in total. The molecule has 0 heterocycles. The molecule has 0 spiro atoms. The molecular formula is C13H16BrN3O3. The van der Waals surface area contributed by atoms with Gasteiger partial charge in [0, 0.05) is 24.5 Å². The first-order valence-electron chi connectivity index (χ1n) is 6.00. The summed E-state index contributed by atoms with van der Waals surface area (Å²) in [4.78, 5) is 33.8. The molecule has 0 aliphatic heterocycles. The fourth-order valence-corrected chi connectivity index (χ4v) is 1.99. The van der Waals surface area contributed by atoms with Crippen molar-refractivity contribution in [2.24, 2.45) is 0 Å². The normalized spacial score (nSPS) is 9.75. The lowest BCUT2D eigenvalue weighted by molar-refractivity contribution is -0.136. The van der Waals surface area contributed by atoms with E-state index in [0.717, 1.165) is 5.56 Å². The van der Waals surface area contributed by atoms with E-state index in [1.165, 1.54) is 6.92 Å². The summed E-state index contributed by atoms with van der Waals surface area (Å²) in [5, 5.41) is 7.42. The maximum absolute atomic E-state index is 11.6. The summed E-state index contributed by atoms with van der Waals surface area (Å²) in [5.74, 6) is -1.69. The van der Waals surface area contributed by atoms with Crippen molar-refractivity contribution in [1.29, 1.82) is 0 Å². The van der Waals surface area contributed by atoms with E-state index in [1.54, 1.807) is 6.07 Å². The number of carbonyl (C=O) groups is 3. The summed E-state index contributed by atoms with van der Waals surface area (Å²) in [5.41, 5.74) is 1.56. The minimum atomic E-state index is -0.752. The van der Waals surface area contributed by atoms with Crippen LogP contribution in [0.2, 0.25) is 0 Å². The second-order valence-corrected chi connectivity index (χ2v) is 5.03. The second-order valence-electron chi connectivity index (χ2n) is 4.18. The molecule has 0 unspecified atom stereocenters. The molecule has 0 aliphatic carbocycles. The molecule has 0 bridgehead atoms. The summed E-state index contributed by atoms with van der Waals surface area (Å²) in [6.07, 6.45) is 0. The van der Waals surface area contributed by atoms with Crippen LogP contribution in [0.1, 0.15) is 12.5 Å². The van der Waals surface area contributed by atoms with Crippen molar-refractivity contribution < 1.29 is 14.4 Å². The highest BCUT2D eigenvalue weighted by Gasteiger charge is 2.14. The third-order valence-electron chi connectivity index (χ3n) is 2.36. The van der Waals surface area contributed by atoms with Crippen LogP contribution >= 0.6 is 15.9 Å². The van der Waals surface area contributed by atoms with Crippen molar-refractivity contribution in [3.63, 3.8) is 0 Å². The molecule has 6 nitrogen and oxygen atoms in total. The molecule has 0 saturated heterocycles. The van der Waals surface area contributed by atoms with E-state index in [9.17, 15) is 14.4 Å². The Morgan fingerprint density at radius 1 is 1.10 bits per heavy atom. The molecule has 1 rings (SSSR count). The van der Waals surface area contributed by atoms with Crippen LogP contribution in [0.15, 0.2) is 22.7 Å². The van der Waals surface area contributed by atoms with Gasteiger partial charge >= 0.3 is 11.8 Å². The molecule has 0 saturated carbocycles. The third-order valence-corrected chi connectivity index (χ3v) is 3.02. The van der Waals surface area contributed by atoms with Gasteiger partial charge in [-0.2, -0.15) is 0 Å². The highest BCUT2D eigenvalue weighted by atomic mass is 79.9. The molecular weight excluding hydrogens is 326 g/mol. The molecule has 0 radical (unpaired) electrons. The Hall–Kier alpha value is -1.89. The average molecular weight is 342 g/mol. The first kappa shape index (κ1) is 16.2. The largest absolute Gasteiger partial charge is 0.355 e. The van der Waals surface area contributed by atoms with Crippen molar-refractivity contribution >= 4 is 39.3 Å². The fraction of sp³-hybridized carbons (Fsp3) is 0.308. The third kappa shape index (κ3) is 5.40. The van der Waals surface area contributed by atoms with Crippen molar-refractivity contribution in [2.45, 2.75) is 13.8 Å². The van der Waals surface area contributed by atoms with Crippen molar-refractivity contribution in [1.82, 2.24) is 10.6 Å². The van der Waals surface area contributed by atoms with Crippen LogP contribution in [-0.4, -0.2) is 30.8 Å². The Kier molecular flexibility index (Phi) is 6.17. The Bertz CT molecular complexity index is 532. The number of rotatable bonds is 4. The van der Waals surface area contributed by atoms with E-state index in [1.807, 2.05) is 19.1 Å². The van der Waals surface area contributed by atoms with Gasteiger partial charge in [-0.05, 0) is 40.5 Å². The summed E-state index contributed by atoms with van der Waals surface area (Å²) >= 11 is 3.31. The molecule has 20 heavy (non-hydrogen) atoms. The van der Waals surface area contributed by atoms with Gasteiger partial charge in [0.15, 0.2) is 0 Å². The molecule has 1 aromatic rings. The lowest BCUT2D eigenvalue weighted by Gasteiger charge is -2.08. The molecule has 7 heteroatoms. The highest BCUT2D eigenvalue weighted by Crippen LogP contribution is 2.23. The second kappa shape index (κ2) is 7.64. The Morgan fingerprint density at radius 3 is 2.35 bits per heavy atom. The number of carbonyl (C=O) groups excluding carboxylic acids is 3. The number of benzene rings is 1. The van der Waals surface area contributed by atoms with E-state index >= 15 is 0 Å². The highest BCUT2D eigenvalue weighted by molar-refractivity contribution is 9.10. The number of hydrogen-bond donors (Lipinski definition) is 3. The van der Waals surface area contributed by atoms with Crippen LogP contribution in [0, 0.1) is 6.92 Å². The van der Waals surface area contributed by atoms with Gasteiger partial charge in [0.1, 0.15) is 0 Å². The van der Waals surface area contributed by atoms with Gasteiger partial charge in [0.05, 0.1) is 5.69 Å². The number of anilines is 1. The molecule has 108 valence electrons. The molecule has 0 aliphatic rings. The topological polar surface area (TPSA) is 87.3 Å². The van der Waals surface area contributed by atoms with Gasteiger partial charge in [-0.3, -0.25) is 14.4 Å². The Labute approximate surface area is 125 Å². The van der Waals surface area contributed by atoms with Crippen LogP contribution in [0.3, 0.4) is 0 Å². The van der Waals surface area contributed by atoms with Gasteiger partial charge in [-0.1, -0.05) is 6.07 Å². The number of aryl methyl sites for hydroxylation is 1. The quantitative estimate of drug-likeness (QED) is 0.562. The minimum Gasteiger partial charge on any atom is -0.355 e. The van der Waals surface area contributed by atoms with Crippen molar-refractivity contribution in [3.8, 4) is 0 Å². The Morgan fingerprint density at radius 2 is 1.75 bits per heavy atom. The van der Waals surface area contributed by atoms with E-state index in [-0.39, 0.29) is 19.0 Å². The summed E-state index contributed by atoms with van der Waals surface area (Å²) in [7, 11) is 0. The summed E-state index contributed by atoms with van der Waals surface area (Å²) in [6.45, 7) is 3.78. The monoisotopic (exact) mass is 341 g/mol. The van der Waals surface area contributed by atoms with Crippen LogP contribution in [0.4, 0.5) is 5.69 Å². The van der Waals surface area contributed by atoms with Crippen LogP contribution in [0.5, 0.6) is 0 Å². The average Bonchev–Trinajstić information content (AvgIpc) is 2.37. The molecule has 0 atom stereocenters. The van der Waals surface area contributed by atoms with Crippen molar-refractivity contribution in [2.75, 3.05) is 18.4 Å². The standard InChI is InChI=1S/C13H16BrN3O3/c1-8-3-4-11(10(14)7-8)17-13(20)12(19)16-6-5-15-9(2)18/h3-4,7H,5-6H2,1-2H3,(H,15,18)(H,16,19)(H,17,20). The van der Waals surface area contributed by atoms with E-state index in [4.69, 9.17) is 0 Å². The zero-order valence-corrected chi connectivity index (χ0v) is 12.8. The van der Waals surface area contributed by atoms with Gasteiger partial charge in [0.2, 0.25) is 5.91 Å². The molecule has 1 aromatic carbocycles. The number of nitrogens with one attached hydrogen (secondary N) is 3. The number of amides is 3. The lowest BCUT2D eigenvalue weighted by Crippen LogP contribution is -2.39. The summed E-state index contributed by atoms with van der Waals surface area (Å²) < 4.78 is 0.705. The molecule has 0 aromatic heterocycles. The smallest absolute Gasteiger partial charge is 0.313 e. The van der Waals surface area contributed by atoms with Gasteiger partial charge in [-0.15, -0.1) is 0 Å². The van der Waals surface area contributed by atoms with Gasteiger partial charge < -0.3 is 16.0 Å². The van der Waals surface area contributed by atoms with Crippen LogP contribution < -0.4 is 16.0 Å². The SMILES string of the molecule is CC(=O)NCCNC(=O)C(=O)Nc1ccc(C)cc1Br. The predicted octanol–water partition coefficient (Wildman–Crippen LogP) is 0.948. The van der Waals surface area contributed by atoms with Crippen LogP contribution in [-0.2, 0) is 14.4 Å². The van der Waals surface area contributed by atoms with Crippen molar-refractivity contribution in [3.05, 3.63) is 28.2 Å². The Balaban J connectivity index is 2.45. The maximum Gasteiger partial charge on any atom is 0.313 e. The predicted molar refractivity (Wildman–Crippen MR) is 79.2 cm³/mol. The maximum atomic E-state index is 11.6. The first-order valence-corrected chi connectivity index (χ1v) is 6.79. The number of halogens is 1. The van der Waals surface area contributed by atoms with E-state index in [0.29, 0.717) is 10.2 Å². The zero-order chi connectivity index (χ0) is 15.1. The fourth-order valence-electron chi connectivity index (χ4n) is 1.40. The number of hydrogen-bond acceptors (Lipinski definition) is 3.